The van der Waals surface area contributed by atoms with Crippen molar-refractivity contribution in [2.24, 2.45) is 14.1 Å². The van der Waals surface area contributed by atoms with E-state index in [0.717, 1.165) is 135 Å². The van der Waals surface area contributed by atoms with E-state index < -0.39 is 5.97 Å². The van der Waals surface area contributed by atoms with Crippen molar-refractivity contribution < 1.29 is 42.9 Å². The summed E-state index contributed by atoms with van der Waals surface area (Å²) in [6, 6.07) is 50.6. The van der Waals surface area contributed by atoms with Crippen molar-refractivity contribution in [3.05, 3.63) is 221 Å². The number of hydrogen-bond acceptors (Lipinski definition) is 5. The molecule has 3 N–H and O–H groups in total. The standard InChI is InChI=1S/C66H53N9O3.2C2H6.CH3.Zn/c1-66(2)37-51-34-58-55(36-59(73-58)62(41-12-16-44(17-13-41)65(77)78-5)56-27-22-46(70-56)30-45-18-21-50(68-45)35-61(66)72-51)40-8-6-39(7-9-40)38-67-64(76)43-14-10-42(11-15-43)63-57-28-23-49(71-57)33-53-25-24-52(74(53)3)31-47-19-20-48(69-47)32-54-26-29-60(63)75(54)4;2*1-2;;/h6-36H,37-38H2,1-5H3,(H3,67,68,69,70,71,72,73,76,77);2*1-2H3;1H3;/q;;;-1;. The number of benzene rings is 3. The number of esters is 1. The second-order valence-electron chi connectivity index (χ2n) is 20.8. The van der Waals surface area contributed by atoms with Crippen molar-refractivity contribution in [3.63, 3.8) is 0 Å². The van der Waals surface area contributed by atoms with E-state index in [4.69, 9.17) is 24.7 Å². The van der Waals surface area contributed by atoms with Crippen LogP contribution in [0.1, 0.15) is 113 Å². The molecule has 13 rings (SSSR count). The van der Waals surface area contributed by atoms with Crippen molar-refractivity contribution >= 4 is 92.5 Å². The molecule has 0 atom stereocenters. The van der Waals surface area contributed by atoms with Crippen LogP contribution in [-0.4, -0.2) is 38.9 Å². The first-order valence-electron chi connectivity index (χ1n) is 28.0. The van der Waals surface area contributed by atoms with Gasteiger partial charge in [0, 0.05) is 118 Å². The second-order valence-corrected chi connectivity index (χ2v) is 20.8. The van der Waals surface area contributed by atoms with Gasteiger partial charge in [-0.1, -0.05) is 114 Å². The Hall–Kier alpha value is -9.32. The first-order valence-corrected chi connectivity index (χ1v) is 28.0. The van der Waals surface area contributed by atoms with Crippen molar-refractivity contribution in [1.82, 2.24) is 35.2 Å². The molecule has 0 aliphatic carbocycles. The average Bonchev–Trinajstić information content (AvgIpc) is 4.13. The number of nitrogens with one attached hydrogen (secondary N) is 3. The van der Waals surface area contributed by atoms with E-state index in [-0.39, 0.29) is 38.2 Å². The Kier molecular flexibility index (Phi) is 17.7. The number of aromatic amines is 2. The fraction of sp³-hybridized carbons (Fsp3) is 0.169. The Labute approximate surface area is 503 Å². The van der Waals surface area contributed by atoms with Crippen LogP contribution in [0.15, 0.2) is 152 Å². The number of methoxy groups -OCH3 is 1. The van der Waals surface area contributed by atoms with E-state index in [1.54, 1.807) is 12.1 Å². The number of amides is 1. The Morgan fingerprint density at radius 3 is 1.85 bits per heavy atom. The molecule has 4 aliphatic heterocycles. The average molecular weight is 1160 g/mol. The Bertz CT molecular complexity index is 4420. The molecular formula is C71H68N9O3Zn-. The van der Waals surface area contributed by atoms with Gasteiger partial charge in [0.2, 0.25) is 22.8 Å². The van der Waals surface area contributed by atoms with Gasteiger partial charge in [-0.3, -0.25) is 9.78 Å². The third-order valence-electron chi connectivity index (χ3n) is 15.1. The number of fused-ring (bicyclic) bond motifs is 16. The Morgan fingerprint density at radius 2 is 1.18 bits per heavy atom. The van der Waals surface area contributed by atoms with Gasteiger partial charge in [0.05, 0.1) is 24.1 Å². The SMILES string of the molecule is CC.CC.COC(=O)c1ccc(-c2c3nc(cc4ccc(cc5nc(cc6[nH]c2cc6-c2ccc(CNC(=O)c6ccc(-c7c8[n+](C)c(cc9ccc(cc%10[n+](C)c(cc%11ccc7[n-]%11)C=C%10)[n-]9)C=C8)cc6)cc2)CC5(C)C)[nH]4)C=C3)cc1.[CH3-].[Zn]. The number of ether oxygens (including phenoxy) is 1. The molecule has 0 fully saturated rings. The van der Waals surface area contributed by atoms with Crippen LogP contribution < -0.4 is 24.4 Å². The molecule has 1 amide bonds. The minimum Gasteiger partial charge on any atom is -0.657 e. The predicted molar refractivity (Wildman–Crippen MR) is 338 cm³/mol. The van der Waals surface area contributed by atoms with E-state index in [0.29, 0.717) is 17.7 Å². The molecule has 0 spiro atoms. The third kappa shape index (κ3) is 12.0. The smallest absolute Gasteiger partial charge is 0.337 e. The zero-order valence-corrected chi connectivity index (χ0v) is 52.4. The van der Waals surface area contributed by atoms with Gasteiger partial charge in [0.15, 0.2) is 0 Å². The van der Waals surface area contributed by atoms with Crippen LogP contribution in [0.2, 0.25) is 0 Å². The van der Waals surface area contributed by atoms with Crippen LogP contribution in [-0.2, 0) is 56.7 Å². The number of carbonyl (C=O) groups is 2. The number of nitrogens with zero attached hydrogens (tertiary/aromatic N) is 6. The van der Waals surface area contributed by atoms with Crippen molar-refractivity contribution in [2.75, 3.05) is 7.11 Å². The molecule has 6 aromatic heterocycles. The van der Waals surface area contributed by atoms with Crippen molar-refractivity contribution in [1.29, 1.82) is 0 Å². The molecule has 0 saturated heterocycles. The molecule has 3 aromatic carbocycles. The van der Waals surface area contributed by atoms with E-state index in [1.807, 2.05) is 101 Å². The van der Waals surface area contributed by atoms with Gasteiger partial charge < -0.3 is 37.4 Å². The summed E-state index contributed by atoms with van der Waals surface area (Å²) in [5.41, 5.74) is 22.2. The first-order chi connectivity index (χ1) is 39.9. The molecule has 0 saturated carbocycles. The number of H-pyrrole nitrogens is 2. The predicted octanol–water partition coefficient (Wildman–Crippen LogP) is 14.3. The summed E-state index contributed by atoms with van der Waals surface area (Å²) in [5.74, 6) is -0.576. The largest absolute Gasteiger partial charge is 0.657 e. The molecule has 84 heavy (non-hydrogen) atoms. The fourth-order valence-electron chi connectivity index (χ4n) is 10.8. The number of aromatic nitrogens is 8. The van der Waals surface area contributed by atoms with E-state index in [1.165, 1.54) is 7.11 Å². The van der Waals surface area contributed by atoms with Crippen molar-refractivity contribution in [3.8, 4) is 33.4 Å². The Balaban J connectivity index is 0.00000138. The maximum Gasteiger partial charge on any atom is 0.337 e. The molecule has 418 valence electrons. The number of carbonyl (C=O) groups excluding carboxylic acids is 2. The minimum absolute atomic E-state index is 0. The van der Waals surface area contributed by atoms with Crippen LogP contribution in [0.4, 0.5) is 0 Å². The molecular weight excluding hydrogens is 1090 g/mol. The van der Waals surface area contributed by atoms with Gasteiger partial charge >= 0.3 is 5.97 Å². The van der Waals surface area contributed by atoms with Crippen LogP contribution >= 0.6 is 0 Å². The van der Waals surface area contributed by atoms with Crippen LogP contribution in [0.5, 0.6) is 0 Å². The van der Waals surface area contributed by atoms with Gasteiger partial charge in [0.25, 0.3) is 5.91 Å². The third-order valence-corrected chi connectivity index (χ3v) is 15.1. The maximum absolute atomic E-state index is 13.9. The fourth-order valence-corrected chi connectivity index (χ4v) is 10.8. The van der Waals surface area contributed by atoms with E-state index in [9.17, 15) is 9.59 Å². The zero-order chi connectivity index (χ0) is 57.2. The second kappa shape index (κ2) is 25.0. The summed E-state index contributed by atoms with van der Waals surface area (Å²) in [5, 5.41) is 3.16. The Morgan fingerprint density at radius 1 is 0.595 bits per heavy atom. The van der Waals surface area contributed by atoms with Crippen LogP contribution in [0, 0.1) is 7.43 Å². The zero-order valence-electron chi connectivity index (χ0n) is 49.4. The quantitative estimate of drug-likeness (QED) is 0.0623. The molecule has 9 aromatic rings. The van der Waals surface area contributed by atoms with Gasteiger partial charge in [-0.05, 0) is 113 Å². The topological polar surface area (TPSA) is 149 Å². The monoisotopic (exact) mass is 1160 g/mol. The molecule has 0 unspecified atom stereocenters. The summed E-state index contributed by atoms with van der Waals surface area (Å²) in [7, 11) is 5.50. The molecule has 10 heterocycles. The van der Waals surface area contributed by atoms with Gasteiger partial charge in [-0.15, -0.1) is 22.1 Å². The summed E-state index contributed by atoms with van der Waals surface area (Å²) in [4.78, 5) is 54.1. The maximum atomic E-state index is 13.9. The number of hydrogen-bond donors (Lipinski definition) is 3. The normalized spacial score (nSPS) is 12.4. The summed E-state index contributed by atoms with van der Waals surface area (Å²) in [6.07, 6.45) is 13.2. The van der Waals surface area contributed by atoms with Crippen LogP contribution in [0.25, 0.3) is 114 Å². The van der Waals surface area contributed by atoms with Crippen molar-refractivity contribution in [2.45, 2.75) is 59.9 Å². The van der Waals surface area contributed by atoms with Gasteiger partial charge in [-0.2, -0.15) is 9.13 Å². The summed E-state index contributed by atoms with van der Waals surface area (Å²) >= 11 is 0. The van der Waals surface area contributed by atoms with E-state index in [2.05, 4.69) is 156 Å². The molecule has 13 heteroatoms. The number of rotatable bonds is 7. The van der Waals surface area contributed by atoms with Gasteiger partial charge in [0.1, 0.15) is 14.1 Å². The summed E-state index contributed by atoms with van der Waals surface area (Å²) < 4.78 is 9.33. The molecule has 0 radical (unpaired) electrons. The molecule has 16 bridgehead atoms. The molecule has 12 nitrogen and oxygen atoms in total. The molecule has 4 aliphatic rings. The van der Waals surface area contributed by atoms with Gasteiger partial charge in [-0.25, -0.2) is 9.78 Å². The van der Waals surface area contributed by atoms with Crippen LogP contribution in [0.3, 0.4) is 0 Å². The van der Waals surface area contributed by atoms with E-state index >= 15 is 0 Å². The first kappa shape index (κ1) is 59.3. The summed E-state index contributed by atoms with van der Waals surface area (Å²) in [6.45, 7) is 12.8. The minimum atomic E-state index is -0.401.